The van der Waals surface area contributed by atoms with Gasteiger partial charge in [0.15, 0.2) is 0 Å². The molecule has 0 saturated heterocycles. The third-order valence-corrected chi connectivity index (χ3v) is 1.78. The zero-order chi connectivity index (χ0) is 11.6. The largest absolute Gasteiger partial charge is 0.487 e. The first kappa shape index (κ1) is 11.6. The molecule has 0 saturated carbocycles. The number of carboxylic acids is 1. The van der Waals surface area contributed by atoms with Crippen molar-refractivity contribution in [2.45, 2.75) is 33.3 Å². The van der Waals surface area contributed by atoms with Crippen molar-refractivity contribution in [3.63, 3.8) is 0 Å². The number of hydrogen-bond acceptors (Lipinski definition) is 2. The highest BCUT2D eigenvalue weighted by atomic mass is 16.5. The van der Waals surface area contributed by atoms with Gasteiger partial charge in [-0.1, -0.05) is 6.07 Å². The van der Waals surface area contributed by atoms with Crippen LogP contribution in [0.3, 0.4) is 0 Å². The van der Waals surface area contributed by atoms with Crippen LogP contribution in [0.2, 0.25) is 0 Å². The topological polar surface area (TPSA) is 46.5 Å². The molecule has 1 aromatic rings. The molecule has 0 fully saturated rings. The molecule has 0 spiro atoms. The Labute approximate surface area is 89.7 Å². The van der Waals surface area contributed by atoms with E-state index in [2.05, 4.69) is 0 Å². The molecule has 0 heterocycles. The van der Waals surface area contributed by atoms with Gasteiger partial charge in [-0.3, -0.25) is 0 Å². The molecule has 1 N–H and O–H groups in total. The number of aryl methyl sites for hydroxylation is 1. The van der Waals surface area contributed by atoms with E-state index < -0.39 is 11.6 Å². The summed E-state index contributed by atoms with van der Waals surface area (Å²) in [6, 6.07) is 5.08. The zero-order valence-electron chi connectivity index (χ0n) is 9.50. The molecular weight excluding hydrogens is 192 g/mol. The summed E-state index contributed by atoms with van der Waals surface area (Å²) in [6.07, 6.45) is 0. The Balaban J connectivity index is 3.13. The molecule has 0 aliphatic rings. The first-order valence-corrected chi connectivity index (χ1v) is 4.82. The molecule has 0 amide bonds. The maximum Gasteiger partial charge on any atom is 0.339 e. The fourth-order valence-electron chi connectivity index (χ4n) is 1.22. The minimum Gasteiger partial charge on any atom is -0.487 e. The predicted octanol–water partition coefficient (Wildman–Crippen LogP) is 2.87. The van der Waals surface area contributed by atoms with Crippen LogP contribution in [-0.2, 0) is 0 Å². The van der Waals surface area contributed by atoms with E-state index in [0.717, 1.165) is 5.56 Å². The molecule has 0 bridgehead atoms. The molecule has 15 heavy (non-hydrogen) atoms. The van der Waals surface area contributed by atoms with Gasteiger partial charge in [0.05, 0.1) is 0 Å². The highest BCUT2D eigenvalue weighted by Crippen LogP contribution is 2.24. The van der Waals surface area contributed by atoms with Crippen molar-refractivity contribution >= 4 is 5.97 Å². The highest BCUT2D eigenvalue weighted by Gasteiger charge is 2.17. The van der Waals surface area contributed by atoms with E-state index >= 15 is 0 Å². The van der Waals surface area contributed by atoms with Crippen LogP contribution in [-0.4, -0.2) is 16.7 Å². The summed E-state index contributed by atoms with van der Waals surface area (Å²) in [5.74, 6) is -0.538. The first-order valence-electron chi connectivity index (χ1n) is 4.82. The number of aromatic carboxylic acids is 1. The van der Waals surface area contributed by atoms with Crippen molar-refractivity contribution in [2.24, 2.45) is 0 Å². The Bertz CT molecular complexity index is 375. The Morgan fingerprint density at radius 2 is 1.93 bits per heavy atom. The number of rotatable bonds is 2. The van der Waals surface area contributed by atoms with Gasteiger partial charge in [-0.15, -0.1) is 0 Å². The number of hydrogen-bond donors (Lipinski definition) is 1. The van der Waals surface area contributed by atoms with Gasteiger partial charge in [-0.25, -0.2) is 4.79 Å². The van der Waals surface area contributed by atoms with Crippen LogP contribution >= 0.6 is 0 Å². The number of carbonyl (C=O) groups is 1. The summed E-state index contributed by atoms with van der Waals surface area (Å²) in [6.45, 7) is 7.57. The smallest absolute Gasteiger partial charge is 0.339 e. The van der Waals surface area contributed by atoms with E-state index in [-0.39, 0.29) is 5.56 Å². The highest BCUT2D eigenvalue weighted by molar-refractivity contribution is 5.91. The van der Waals surface area contributed by atoms with Gasteiger partial charge in [0.2, 0.25) is 0 Å². The van der Waals surface area contributed by atoms with Crippen LogP contribution in [0.5, 0.6) is 5.75 Å². The molecule has 1 aromatic carbocycles. The first-order chi connectivity index (χ1) is 6.79. The number of carboxylic acid groups (broad SMARTS) is 1. The van der Waals surface area contributed by atoms with Crippen molar-refractivity contribution < 1.29 is 14.6 Å². The van der Waals surface area contributed by atoms with E-state index in [1.54, 1.807) is 18.2 Å². The van der Waals surface area contributed by atoms with E-state index in [9.17, 15) is 4.79 Å². The average molecular weight is 208 g/mol. The van der Waals surface area contributed by atoms with Crippen molar-refractivity contribution in [3.8, 4) is 5.75 Å². The fourth-order valence-corrected chi connectivity index (χ4v) is 1.22. The van der Waals surface area contributed by atoms with Gasteiger partial charge < -0.3 is 9.84 Å². The summed E-state index contributed by atoms with van der Waals surface area (Å²) >= 11 is 0. The number of ether oxygens (including phenoxy) is 1. The summed E-state index contributed by atoms with van der Waals surface area (Å²) in [5, 5.41) is 8.97. The molecular formula is C12H16O3. The second kappa shape index (κ2) is 3.93. The summed E-state index contributed by atoms with van der Waals surface area (Å²) in [5.41, 5.74) is 0.799. The number of benzene rings is 1. The van der Waals surface area contributed by atoms with E-state index in [4.69, 9.17) is 9.84 Å². The maximum atomic E-state index is 10.9. The van der Waals surface area contributed by atoms with E-state index in [1.807, 2.05) is 27.7 Å². The molecule has 0 atom stereocenters. The minimum atomic E-state index is -0.964. The van der Waals surface area contributed by atoms with Crippen LogP contribution in [0, 0.1) is 6.92 Å². The molecule has 0 aromatic heterocycles. The van der Waals surface area contributed by atoms with Crippen LogP contribution in [0.15, 0.2) is 18.2 Å². The standard InChI is InChI=1S/C12H16O3/c1-8-5-6-9(11(13)14)10(7-8)15-12(2,3)4/h5-7H,1-4H3,(H,13,14). The Morgan fingerprint density at radius 3 is 2.40 bits per heavy atom. The van der Waals surface area contributed by atoms with Crippen LogP contribution < -0.4 is 4.74 Å². The lowest BCUT2D eigenvalue weighted by Gasteiger charge is -2.22. The lowest BCUT2D eigenvalue weighted by molar-refractivity contribution is 0.0681. The zero-order valence-corrected chi connectivity index (χ0v) is 9.50. The molecule has 0 aliphatic carbocycles. The molecule has 82 valence electrons. The second-order valence-electron chi connectivity index (χ2n) is 4.52. The van der Waals surface area contributed by atoms with Gasteiger partial charge in [0.1, 0.15) is 16.9 Å². The van der Waals surface area contributed by atoms with Crippen molar-refractivity contribution in [3.05, 3.63) is 29.3 Å². The van der Waals surface area contributed by atoms with Gasteiger partial charge >= 0.3 is 5.97 Å². The van der Waals surface area contributed by atoms with Crippen LogP contribution in [0.4, 0.5) is 0 Å². The SMILES string of the molecule is Cc1ccc(C(=O)O)c(OC(C)(C)C)c1. The Morgan fingerprint density at radius 1 is 1.33 bits per heavy atom. The van der Waals surface area contributed by atoms with Gasteiger partial charge in [0.25, 0.3) is 0 Å². The summed E-state index contributed by atoms with van der Waals surface area (Å²) in [4.78, 5) is 10.9. The van der Waals surface area contributed by atoms with Crippen LogP contribution in [0.25, 0.3) is 0 Å². The van der Waals surface area contributed by atoms with E-state index in [0.29, 0.717) is 5.75 Å². The summed E-state index contributed by atoms with van der Waals surface area (Å²) < 4.78 is 5.59. The quantitative estimate of drug-likeness (QED) is 0.812. The van der Waals surface area contributed by atoms with Crippen LogP contribution in [0.1, 0.15) is 36.7 Å². The third kappa shape index (κ3) is 3.27. The van der Waals surface area contributed by atoms with Gasteiger partial charge in [-0.2, -0.15) is 0 Å². The Hall–Kier alpha value is -1.51. The molecule has 0 unspecified atom stereocenters. The normalized spacial score (nSPS) is 11.2. The minimum absolute atomic E-state index is 0.204. The van der Waals surface area contributed by atoms with Gasteiger partial charge in [-0.05, 0) is 45.4 Å². The molecule has 3 nitrogen and oxygen atoms in total. The lowest BCUT2D eigenvalue weighted by Crippen LogP contribution is -2.24. The molecule has 0 radical (unpaired) electrons. The monoisotopic (exact) mass is 208 g/mol. The molecule has 3 heteroatoms. The predicted molar refractivity (Wildman–Crippen MR) is 58.5 cm³/mol. The molecule has 1 rings (SSSR count). The molecule has 0 aliphatic heterocycles. The van der Waals surface area contributed by atoms with Gasteiger partial charge in [0, 0.05) is 0 Å². The lowest BCUT2D eigenvalue weighted by atomic mass is 10.1. The average Bonchev–Trinajstić information content (AvgIpc) is 1.99. The van der Waals surface area contributed by atoms with Crippen molar-refractivity contribution in [2.75, 3.05) is 0 Å². The van der Waals surface area contributed by atoms with Crippen molar-refractivity contribution in [1.82, 2.24) is 0 Å². The summed E-state index contributed by atoms with van der Waals surface area (Å²) in [7, 11) is 0. The Kier molecular flexibility index (Phi) is 3.03. The van der Waals surface area contributed by atoms with E-state index in [1.165, 1.54) is 0 Å². The second-order valence-corrected chi connectivity index (χ2v) is 4.52. The maximum absolute atomic E-state index is 10.9. The third-order valence-electron chi connectivity index (χ3n) is 1.78. The van der Waals surface area contributed by atoms with Crippen molar-refractivity contribution in [1.29, 1.82) is 0 Å². The fraction of sp³-hybridized carbons (Fsp3) is 0.417.